The molecule has 2 N–H and O–H groups in total. The molecule has 7 nitrogen and oxygen atoms in total. The molecule has 8 heteroatoms. The largest absolute Gasteiger partial charge is 0.390 e. The molecule has 2 aromatic rings. The Bertz CT molecular complexity index is 681. The van der Waals surface area contributed by atoms with Gasteiger partial charge in [0, 0.05) is 31.2 Å². The lowest BCUT2D eigenvalue weighted by atomic mass is 10.4. The number of nitrogens with zero attached hydrogens (tertiary/aromatic N) is 3. The second kappa shape index (κ2) is 6.42. The van der Waals surface area contributed by atoms with Gasteiger partial charge in [-0.3, -0.25) is 4.68 Å². The van der Waals surface area contributed by atoms with Gasteiger partial charge in [0.1, 0.15) is 0 Å². The lowest BCUT2D eigenvalue weighted by Crippen LogP contribution is -2.27. The molecule has 0 atom stereocenters. The van der Waals surface area contributed by atoms with E-state index in [4.69, 9.17) is 0 Å². The lowest BCUT2D eigenvalue weighted by molar-refractivity contribution is 0.271. The van der Waals surface area contributed by atoms with E-state index in [0.29, 0.717) is 18.8 Å². The Morgan fingerprint density at radius 1 is 1.38 bits per heavy atom. The van der Waals surface area contributed by atoms with Crippen LogP contribution >= 0.6 is 0 Å². The molecule has 0 bridgehead atoms. The molecular formula is C13H20N4O3S. The topological polar surface area (TPSA) is 89.2 Å². The smallest absolute Gasteiger partial charge is 0.242 e. The molecule has 0 unspecified atom stereocenters. The van der Waals surface area contributed by atoms with Gasteiger partial charge < -0.3 is 9.67 Å². The van der Waals surface area contributed by atoms with E-state index in [-0.39, 0.29) is 18.0 Å². The maximum Gasteiger partial charge on any atom is 0.242 e. The quantitative estimate of drug-likeness (QED) is 0.778. The fourth-order valence-electron chi connectivity index (χ4n) is 2.07. The van der Waals surface area contributed by atoms with Crippen LogP contribution in [0.3, 0.4) is 0 Å². The zero-order valence-corrected chi connectivity index (χ0v) is 13.0. The summed E-state index contributed by atoms with van der Waals surface area (Å²) in [5.74, 6) is 0. The standard InChI is InChI=1S/C13H20N4O3S/c1-3-16-9-13(6-12(16)10-18)21(19,20)15-4-5-17-8-11(2)7-14-17/h6-9,15,18H,3-5,10H2,1-2H3. The predicted molar refractivity (Wildman–Crippen MR) is 78.2 cm³/mol. The van der Waals surface area contributed by atoms with E-state index < -0.39 is 10.0 Å². The summed E-state index contributed by atoms with van der Waals surface area (Å²) in [6.07, 6.45) is 5.11. The molecule has 0 amide bonds. The van der Waals surface area contributed by atoms with Gasteiger partial charge in [0.05, 0.1) is 24.2 Å². The molecule has 0 aromatic carbocycles. The van der Waals surface area contributed by atoms with E-state index in [1.807, 2.05) is 20.0 Å². The summed E-state index contributed by atoms with van der Waals surface area (Å²) in [4.78, 5) is 0.171. The Kier molecular flexibility index (Phi) is 4.81. The molecule has 21 heavy (non-hydrogen) atoms. The second-order valence-electron chi connectivity index (χ2n) is 4.79. The number of aliphatic hydroxyl groups is 1. The Morgan fingerprint density at radius 3 is 2.67 bits per heavy atom. The minimum Gasteiger partial charge on any atom is -0.390 e. The van der Waals surface area contributed by atoms with E-state index >= 15 is 0 Å². The minimum atomic E-state index is -3.57. The van der Waals surface area contributed by atoms with Crippen molar-refractivity contribution in [3.8, 4) is 0 Å². The van der Waals surface area contributed by atoms with E-state index in [2.05, 4.69) is 9.82 Å². The van der Waals surface area contributed by atoms with E-state index in [0.717, 1.165) is 5.56 Å². The third-order valence-corrected chi connectivity index (χ3v) is 4.60. The molecule has 0 saturated heterocycles. The van der Waals surface area contributed by atoms with Crippen molar-refractivity contribution in [2.45, 2.75) is 38.4 Å². The fourth-order valence-corrected chi connectivity index (χ4v) is 3.15. The molecule has 0 spiro atoms. The van der Waals surface area contributed by atoms with Gasteiger partial charge in [-0.1, -0.05) is 0 Å². The Labute approximate surface area is 124 Å². The van der Waals surface area contributed by atoms with Crippen LogP contribution in [0.2, 0.25) is 0 Å². The summed E-state index contributed by atoms with van der Waals surface area (Å²) in [7, 11) is -3.57. The number of aromatic nitrogens is 3. The molecule has 0 saturated carbocycles. The van der Waals surface area contributed by atoms with Crippen molar-refractivity contribution in [1.82, 2.24) is 19.1 Å². The van der Waals surface area contributed by atoms with Crippen molar-refractivity contribution in [3.05, 3.63) is 35.9 Å². The number of hydrogen-bond donors (Lipinski definition) is 2. The maximum atomic E-state index is 12.2. The molecule has 0 fully saturated rings. The van der Waals surface area contributed by atoms with Gasteiger partial charge in [-0.2, -0.15) is 5.10 Å². The van der Waals surface area contributed by atoms with Crippen LogP contribution in [0.5, 0.6) is 0 Å². The van der Waals surface area contributed by atoms with Crippen molar-refractivity contribution in [2.75, 3.05) is 6.54 Å². The van der Waals surface area contributed by atoms with E-state index in [1.54, 1.807) is 15.4 Å². The van der Waals surface area contributed by atoms with Crippen LogP contribution in [0.25, 0.3) is 0 Å². The second-order valence-corrected chi connectivity index (χ2v) is 6.56. The zero-order chi connectivity index (χ0) is 15.5. The fraction of sp³-hybridized carbons (Fsp3) is 0.462. The van der Waals surface area contributed by atoms with Gasteiger partial charge in [0.15, 0.2) is 0 Å². The normalized spacial score (nSPS) is 12.0. The van der Waals surface area contributed by atoms with Gasteiger partial charge in [-0.05, 0) is 25.5 Å². The highest BCUT2D eigenvalue weighted by atomic mass is 32.2. The first-order valence-electron chi connectivity index (χ1n) is 6.75. The zero-order valence-electron chi connectivity index (χ0n) is 12.2. The Hall–Kier alpha value is -1.64. The third-order valence-electron chi connectivity index (χ3n) is 3.17. The van der Waals surface area contributed by atoms with Crippen molar-refractivity contribution in [3.63, 3.8) is 0 Å². The van der Waals surface area contributed by atoms with Crippen molar-refractivity contribution >= 4 is 10.0 Å². The van der Waals surface area contributed by atoms with Crippen LogP contribution in [-0.4, -0.2) is 34.4 Å². The average molecular weight is 312 g/mol. The number of nitrogens with one attached hydrogen (secondary N) is 1. The van der Waals surface area contributed by atoms with Crippen LogP contribution < -0.4 is 4.72 Å². The molecule has 0 aliphatic carbocycles. The highest BCUT2D eigenvalue weighted by Crippen LogP contribution is 2.14. The SMILES string of the molecule is CCn1cc(S(=O)(=O)NCCn2cc(C)cn2)cc1CO. The van der Waals surface area contributed by atoms with Crippen LogP contribution in [-0.2, 0) is 29.7 Å². The summed E-state index contributed by atoms with van der Waals surface area (Å²) in [5.41, 5.74) is 1.62. The van der Waals surface area contributed by atoms with Crippen molar-refractivity contribution in [1.29, 1.82) is 0 Å². The summed E-state index contributed by atoms with van der Waals surface area (Å²) >= 11 is 0. The summed E-state index contributed by atoms with van der Waals surface area (Å²) in [5, 5.41) is 13.3. The molecule has 0 aliphatic rings. The molecule has 2 aromatic heterocycles. The summed E-state index contributed by atoms with van der Waals surface area (Å²) in [6, 6.07) is 1.49. The van der Waals surface area contributed by atoms with Gasteiger partial charge in [-0.25, -0.2) is 13.1 Å². The Balaban J connectivity index is 2.02. The maximum absolute atomic E-state index is 12.2. The molecule has 2 heterocycles. The first kappa shape index (κ1) is 15.7. The average Bonchev–Trinajstić information content (AvgIpc) is 3.04. The van der Waals surface area contributed by atoms with Crippen LogP contribution in [0.15, 0.2) is 29.6 Å². The molecule has 116 valence electrons. The van der Waals surface area contributed by atoms with Crippen LogP contribution in [0, 0.1) is 6.92 Å². The Morgan fingerprint density at radius 2 is 2.14 bits per heavy atom. The van der Waals surface area contributed by atoms with E-state index in [9.17, 15) is 13.5 Å². The highest BCUT2D eigenvalue weighted by Gasteiger charge is 2.17. The third kappa shape index (κ3) is 3.72. The molecule has 0 radical (unpaired) electrons. The lowest BCUT2D eigenvalue weighted by Gasteiger charge is -2.05. The molecule has 2 rings (SSSR count). The summed E-state index contributed by atoms with van der Waals surface area (Å²) < 4.78 is 30.3. The summed E-state index contributed by atoms with van der Waals surface area (Å²) in [6.45, 7) is 4.97. The number of sulfonamides is 1. The van der Waals surface area contributed by atoms with Crippen molar-refractivity contribution < 1.29 is 13.5 Å². The highest BCUT2D eigenvalue weighted by molar-refractivity contribution is 7.89. The van der Waals surface area contributed by atoms with E-state index in [1.165, 1.54) is 12.3 Å². The first-order chi connectivity index (χ1) is 9.96. The molecular weight excluding hydrogens is 292 g/mol. The van der Waals surface area contributed by atoms with Crippen molar-refractivity contribution in [2.24, 2.45) is 0 Å². The minimum absolute atomic E-state index is 0.171. The number of aliphatic hydroxyl groups excluding tert-OH is 1. The van der Waals surface area contributed by atoms with Gasteiger partial charge in [0.2, 0.25) is 10.0 Å². The first-order valence-corrected chi connectivity index (χ1v) is 8.23. The number of hydrogen-bond acceptors (Lipinski definition) is 4. The van der Waals surface area contributed by atoms with Crippen LogP contribution in [0.1, 0.15) is 18.2 Å². The van der Waals surface area contributed by atoms with Gasteiger partial charge >= 0.3 is 0 Å². The predicted octanol–water partition coefficient (Wildman–Crippen LogP) is 0.484. The van der Waals surface area contributed by atoms with Gasteiger partial charge in [-0.15, -0.1) is 0 Å². The monoisotopic (exact) mass is 312 g/mol. The number of aryl methyl sites for hydroxylation is 2. The molecule has 0 aliphatic heterocycles. The van der Waals surface area contributed by atoms with Gasteiger partial charge in [0.25, 0.3) is 0 Å². The van der Waals surface area contributed by atoms with Crippen LogP contribution in [0.4, 0.5) is 0 Å². The number of rotatable bonds is 7.